The molecule has 0 radical (unpaired) electrons. The van der Waals surface area contributed by atoms with Gasteiger partial charge in [0.2, 0.25) is 0 Å². The van der Waals surface area contributed by atoms with Crippen LogP contribution in [0.25, 0.3) is 11.3 Å². The highest BCUT2D eigenvalue weighted by atomic mass is 32.3. The largest absolute Gasteiger partial charge is 0.616 e. The highest BCUT2D eigenvalue weighted by Crippen LogP contribution is 2.24. The van der Waals surface area contributed by atoms with E-state index in [2.05, 4.69) is 16.9 Å². The third-order valence-electron chi connectivity index (χ3n) is 2.97. The van der Waals surface area contributed by atoms with Gasteiger partial charge in [-0.15, -0.1) is 0 Å². The number of aromatic nitrogens is 2. The van der Waals surface area contributed by atoms with Gasteiger partial charge >= 0.3 is 0 Å². The summed E-state index contributed by atoms with van der Waals surface area (Å²) in [6.07, 6.45) is 3.59. The predicted molar refractivity (Wildman–Crippen MR) is 90.8 cm³/mol. The van der Waals surface area contributed by atoms with Crippen LogP contribution >= 0.6 is 11.8 Å². The molecule has 0 bridgehead atoms. The van der Waals surface area contributed by atoms with Crippen LogP contribution in [0.5, 0.6) is 0 Å². The van der Waals surface area contributed by atoms with E-state index >= 15 is 0 Å². The van der Waals surface area contributed by atoms with Crippen LogP contribution < -0.4 is 0 Å². The highest BCUT2D eigenvalue weighted by Gasteiger charge is 2.13. The molecule has 0 N–H and O–H groups in total. The number of nitriles is 1. The lowest BCUT2D eigenvalue weighted by Crippen LogP contribution is -2.09. The summed E-state index contributed by atoms with van der Waals surface area (Å²) in [7, 11) is 0. The fourth-order valence-corrected chi connectivity index (χ4v) is 4.24. The Bertz CT molecular complexity index is 644. The second-order valence-corrected chi connectivity index (χ2v) is 7.55. The standard InChI is InChI=1S/C16H17N3OS2/c1-2-3-9-22(20)12-21-16-14(10-17)18-11-15(19-16)13-7-5-4-6-8-13/h4-8,11H,2-3,9,12H2,1H3. The first-order valence-electron chi connectivity index (χ1n) is 7.05. The Morgan fingerprint density at radius 3 is 2.77 bits per heavy atom. The molecule has 1 heterocycles. The Kier molecular flexibility index (Phi) is 6.72. The number of unbranched alkanes of at least 4 members (excludes halogenated alkanes) is 1. The maximum absolute atomic E-state index is 11.9. The van der Waals surface area contributed by atoms with E-state index in [4.69, 9.17) is 5.26 Å². The lowest BCUT2D eigenvalue weighted by atomic mass is 10.2. The molecule has 0 amide bonds. The van der Waals surface area contributed by atoms with Crippen LogP contribution in [0.1, 0.15) is 25.5 Å². The van der Waals surface area contributed by atoms with Crippen LogP contribution in [0.4, 0.5) is 0 Å². The minimum absolute atomic E-state index is 0.289. The molecule has 0 fully saturated rings. The number of rotatable bonds is 7. The predicted octanol–water partition coefficient (Wildman–Crippen LogP) is 3.61. The van der Waals surface area contributed by atoms with Crippen LogP contribution in [-0.2, 0) is 11.2 Å². The Morgan fingerprint density at radius 2 is 2.09 bits per heavy atom. The van der Waals surface area contributed by atoms with Crippen LogP contribution in [0, 0.1) is 11.3 Å². The first kappa shape index (κ1) is 16.8. The maximum atomic E-state index is 11.9. The number of benzene rings is 1. The van der Waals surface area contributed by atoms with Gasteiger partial charge in [-0.05, 0) is 29.4 Å². The number of thioether (sulfide) groups is 1. The van der Waals surface area contributed by atoms with Crippen molar-refractivity contribution >= 4 is 22.9 Å². The normalized spacial score (nSPS) is 11.9. The Hall–Kier alpha value is -1.55. The molecular weight excluding hydrogens is 314 g/mol. The van der Waals surface area contributed by atoms with E-state index in [0.717, 1.165) is 24.1 Å². The van der Waals surface area contributed by atoms with Crippen molar-refractivity contribution in [2.75, 3.05) is 10.8 Å². The average Bonchev–Trinajstić information content (AvgIpc) is 2.58. The fraction of sp³-hybridized carbons (Fsp3) is 0.312. The van der Waals surface area contributed by atoms with Gasteiger partial charge in [0.25, 0.3) is 0 Å². The van der Waals surface area contributed by atoms with E-state index in [-0.39, 0.29) is 5.69 Å². The molecule has 1 atom stereocenters. The van der Waals surface area contributed by atoms with Crippen LogP contribution in [-0.4, -0.2) is 25.4 Å². The quantitative estimate of drug-likeness (QED) is 0.572. The monoisotopic (exact) mass is 331 g/mol. The van der Waals surface area contributed by atoms with Gasteiger partial charge in [0.1, 0.15) is 16.8 Å². The first-order valence-corrected chi connectivity index (χ1v) is 9.52. The van der Waals surface area contributed by atoms with Gasteiger partial charge in [-0.1, -0.05) is 43.7 Å². The molecule has 0 aliphatic heterocycles. The molecule has 6 heteroatoms. The Labute approximate surface area is 138 Å². The zero-order valence-electron chi connectivity index (χ0n) is 12.4. The van der Waals surface area contributed by atoms with Crippen molar-refractivity contribution in [3.8, 4) is 17.3 Å². The number of nitrogens with zero attached hydrogens (tertiary/aromatic N) is 3. The molecule has 2 rings (SSSR count). The average molecular weight is 331 g/mol. The first-order chi connectivity index (χ1) is 10.7. The third kappa shape index (κ3) is 4.73. The fourth-order valence-electron chi connectivity index (χ4n) is 1.78. The lowest BCUT2D eigenvalue weighted by molar-refractivity contribution is 0.596. The summed E-state index contributed by atoms with van der Waals surface area (Å²) in [5.74, 6) is 0.692. The Morgan fingerprint density at radius 1 is 1.32 bits per heavy atom. The smallest absolute Gasteiger partial charge is 0.172 e. The zero-order chi connectivity index (χ0) is 15.8. The summed E-state index contributed by atoms with van der Waals surface area (Å²) in [6, 6.07) is 11.7. The molecule has 22 heavy (non-hydrogen) atoms. The van der Waals surface area contributed by atoms with Gasteiger partial charge < -0.3 is 4.55 Å². The molecule has 0 aliphatic rings. The van der Waals surface area contributed by atoms with E-state index in [1.807, 2.05) is 36.4 Å². The van der Waals surface area contributed by atoms with Crippen molar-refractivity contribution in [2.45, 2.75) is 24.8 Å². The minimum Gasteiger partial charge on any atom is -0.616 e. The van der Waals surface area contributed by atoms with Crippen LogP contribution in [0.2, 0.25) is 0 Å². The van der Waals surface area contributed by atoms with E-state index in [0.29, 0.717) is 15.9 Å². The molecule has 2 aromatic rings. The SMILES string of the molecule is CCCC[S+]([O-])CSc1nc(-c2ccccc2)cnc1C#N. The van der Waals surface area contributed by atoms with Crippen LogP contribution in [0.15, 0.2) is 41.6 Å². The summed E-state index contributed by atoms with van der Waals surface area (Å²) >= 11 is 0.447. The van der Waals surface area contributed by atoms with E-state index < -0.39 is 11.2 Å². The van der Waals surface area contributed by atoms with Gasteiger partial charge in [-0.2, -0.15) is 5.26 Å². The molecule has 1 unspecified atom stereocenters. The highest BCUT2D eigenvalue weighted by molar-refractivity contribution is 8.12. The third-order valence-corrected chi connectivity index (χ3v) is 5.79. The minimum atomic E-state index is -0.896. The second-order valence-electron chi connectivity index (χ2n) is 4.65. The summed E-state index contributed by atoms with van der Waals surface area (Å²) < 4.78 is 11.9. The summed E-state index contributed by atoms with van der Waals surface area (Å²) in [6.45, 7) is 2.08. The zero-order valence-corrected chi connectivity index (χ0v) is 14.0. The Balaban J connectivity index is 2.14. The van der Waals surface area contributed by atoms with E-state index in [1.54, 1.807) is 6.20 Å². The van der Waals surface area contributed by atoms with Crippen molar-refractivity contribution in [1.82, 2.24) is 9.97 Å². The van der Waals surface area contributed by atoms with Gasteiger partial charge in [0.15, 0.2) is 10.8 Å². The van der Waals surface area contributed by atoms with Crippen molar-refractivity contribution < 1.29 is 4.55 Å². The topological polar surface area (TPSA) is 72.6 Å². The molecule has 0 saturated carbocycles. The van der Waals surface area contributed by atoms with Gasteiger partial charge in [-0.25, -0.2) is 9.97 Å². The number of hydrogen-bond donors (Lipinski definition) is 0. The molecule has 0 saturated heterocycles. The molecule has 4 nitrogen and oxygen atoms in total. The summed E-state index contributed by atoms with van der Waals surface area (Å²) in [4.78, 5) is 8.68. The molecule has 0 spiro atoms. The van der Waals surface area contributed by atoms with Crippen LogP contribution in [0.3, 0.4) is 0 Å². The maximum Gasteiger partial charge on any atom is 0.172 e. The van der Waals surface area contributed by atoms with Gasteiger partial charge in [0, 0.05) is 5.56 Å². The lowest BCUT2D eigenvalue weighted by Gasteiger charge is -2.10. The van der Waals surface area contributed by atoms with Crippen molar-refractivity contribution in [1.29, 1.82) is 5.26 Å². The van der Waals surface area contributed by atoms with Gasteiger partial charge in [0.05, 0.1) is 11.9 Å². The molecule has 0 aliphatic carbocycles. The van der Waals surface area contributed by atoms with Crippen molar-refractivity contribution in [3.63, 3.8) is 0 Å². The molecule has 114 valence electrons. The molecular formula is C16H17N3OS2. The van der Waals surface area contributed by atoms with E-state index in [9.17, 15) is 4.55 Å². The van der Waals surface area contributed by atoms with E-state index in [1.165, 1.54) is 11.8 Å². The number of hydrogen-bond acceptors (Lipinski definition) is 5. The second kappa shape index (κ2) is 8.79. The molecule has 1 aromatic heterocycles. The van der Waals surface area contributed by atoms with Crippen molar-refractivity contribution in [3.05, 3.63) is 42.2 Å². The van der Waals surface area contributed by atoms with Gasteiger partial charge in [-0.3, -0.25) is 0 Å². The summed E-state index contributed by atoms with van der Waals surface area (Å²) in [5.41, 5.74) is 1.96. The van der Waals surface area contributed by atoms with Crippen molar-refractivity contribution in [2.24, 2.45) is 0 Å². The molecule has 1 aromatic carbocycles. The summed E-state index contributed by atoms with van der Waals surface area (Å²) in [5, 5.41) is 10.1.